The van der Waals surface area contributed by atoms with Crippen LogP contribution in [0.2, 0.25) is 0 Å². The van der Waals surface area contributed by atoms with Crippen molar-refractivity contribution < 1.29 is 14.0 Å². The summed E-state index contributed by atoms with van der Waals surface area (Å²) in [5, 5.41) is 3.36. The van der Waals surface area contributed by atoms with Crippen molar-refractivity contribution in [3.63, 3.8) is 0 Å². The fraction of sp³-hybridized carbons (Fsp3) is 0.500. The average Bonchev–Trinajstić information content (AvgIpc) is 3.42. The molecule has 1 fully saturated rings. The molecule has 6 heteroatoms. The van der Waals surface area contributed by atoms with Gasteiger partial charge < -0.3 is 19.2 Å². The number of rotatable bonds is 6. The van der Waals surface area contributed by atoms with E-state index in [4.69, 9.17) is 4.42 Å². The van der Waals surface area contributed by atoms with Crippen LogP contribution in [0.3, 0.4) is 0 Å². The van der Waals surface area contributed by atoms with Crippen LogP contribution in [0.1, 0.15) is 62.5 Å². The first kappa shape index (κ1) is 22.8. The highest BCUT2D eigenvalue weighted by Gasteiger charge is 2.48. The molecule has 0 radical (unpaired) electrons. The van der Waals surface area contributed by atoms with Gasteiger partial charge in [-0.3, -0.25) is 9.59 Å². The van der Waals surface area contributed by atoms with Gasteiger partial charge in [0.25, 0.3) is 5.91 Å². The number of hydrogen-bond donors (Lipinski definition) is 1. The molecule has 1 saturated carbocycles. The van der Waals surface area contributed by atoms with Crippen LogP contribution in [0, 0.1) is 11.8 Å². The first-order valence-electron chi connectivity index (χ1n) is 12.6. The molecule has 2 aliphatic rings. The van der Waals surface area contributed by atoms with Crippen molar-refractivity contribution in [2.24, 2.45) is 11.8 Å². The SMILES string of the molecule is C[C@H]1[C@H](C)CCC[C@@H]1NC(=O)[C@]1(C)Cn2c(cc3occc32)C(=O)N1CCCc1ccccc1. The van der Waals surface area contributed by atoms with Crippen molar-refractivity contribution in [2.45, 2.75) is 71.0 Å². The van der Waals surface area contributed by atoms with E-state index >= 15 is 0 Å². The predicted molar refractivity (Wildman–Crippen MR) is 133 cm³/mol. The monoisotopic (exact) mass is 461 g/mol. The van der Waals surface area contributed by atoms with Gasteiger partial charge in [0, 0.05) is 24.7 Å². The molecular weight excluding hydrogens is 426 g/mol. The molecule has 1 aliphatic heterocycles. The summed E-state index contributed by atoms with van der Waals surface area (Å²) in [5.41, 5.74) is 2.42. The summed E-state index contributed by atoms with van der Waals surface area (Å²) in [6.07, 6.45) is 6.63. The number of nitrogens with zero attached hydrogens (tertiary/aromatic N) is 2. The number of amides is 2. The van der Waals surface area contributed by atoms with Gasteiger partial charge in [0.15, 0.2) is 5.58 Å². The Kier molecular flexibility index (Phi) is 6.00. The van der Waals surface area contributed by atoms with Crippen LogP contribution in [-0.4, -0.2) is 39.4 Å². The van der Waals surface area contributed by atoms with E-state index in [-0.39, 0.29) is 17.9 Å². The highest BCUT2D eigenvalue weighted by molar-refractivity contribution is 6.02. The number of benzene rings is 1. The van der Waals surface area contributed by atoms with Gasteiger partial charge in [-0.2, -0.15) is 0 Å². The molecule has 6 nitrogen and oxygen atoms in total. The summed E-state index contributed by atoms with van der Waals surface area (Å²) in [4.78, 5) is 29.4. The van der Waals surface area contributed by atoms with Gasteiger partial charge in [-0.1, -0.05) is 57.0 Å². The first-order valence-corrected chi connectivity index (χ1v) is 12.6. The quantitative estimate of drug-likeness (QED) is 0.560. The molecule has 3 aromatic rings. The number of hydrogen-bond acceptors (Lipinski definition) is 3. The van der Waals surface area contributed by atoms with E-state index in [1.165, 1.54) is 12.0 Å². The number of aromatic nitrogens is 1. The second-order valence-electron chi connectivity index (χ2n) is 10.5. The van der Waals surface area contributed by atoms with Gasteiger partial charge in [0.05, 0.1) is 18.3 Å². The minimum absolute atomic E-state index is 0.0532. The Balaban J connectivity index is 1.42. The van der Waals surface area contributed by atoms with E-state index in [2.05, 4.69) is 31.3 Å². The van der Waals surface area contributed by atoms with Crippen molar-refractivity contribution in [1.82, 2.24) is 14.8 Å². The predicted octanol–water partition coefficient (Wildman–Crippen LogP) is 5.02. The third-order valence-electron chi connectivity index (χ3n) is 8.25. The molecule has 3 heterocycles. The summed E-state index contributed by atoms with van der Waals surface area (Å²) >= 11 is 0. The maximum absolute atomic E-state index is 13.9. The molecule has 2 amide bonds. The number of furan rings is 1. The van der Waals surface area contributed by atoms with E-state index in [1.807, 2.05) is 41.8 Å². The van der Waals surface area contributed by atoms with E-state index < -0.39 is 5.54 Å². The Labute approximate surface area is 201 Å². The lowest BCUT2D eigenvalue weighted by atomic mass is 9.77. The standard InChI is InChI=1S/C28H35N3O3/c1-19-9-7-13-22(20(19)2)29-27(33)28(3)18-30-23-14-16-34-25(23)17-24(30)26(32)31(28)15-8-12-21-10-5-4-6-11-21/h4-6,10-11,14,16-17,19-20,22H,7-9,12-13,15,18H2,1-3H3,(H,29,33)/t19-,20+,22+,28+/m1/s1. The van der Waals surface area contributed by atoms with Gasteiger partial charge in [0.1, 0.15) is 11.2 Å². The molecule has 1 aromatic carbocycles. The van der Waals surface area contributed by atoms with Crippen molar-refractivity contribution in [3.05, 3.63) is 60.0 Å². The van der Waals surface area contributed by atoms with Gasteiger partial charge in [-0.05, 0) is 43.6 Å². The number of fused-ring (bicyclic) bond motifs is 3. The Morgan fingerprint density at radius 1 is 1.18 bits per heavy atom. The molecule has 4 atom stereocenters. The number of carbonyl (C=O) groups excluding carboxylic acids is 2. The van der Waals surface area contributed by atoms with Gasteiger partial charge in [-0.25, -0.2) is 0 Å². The minimum atomic E-state index is -0.968. The highest BCUT2D eigenvalue weighted by atomic mass is 16.3. The van der Waals surface area contributed by atoms with Gasteiger partial charge in [0.2, 0.25) is 5.91 Å². The van der Waals surface area contributed by atoms with E-state index in [9.17, 15) is 9.59 Å². The Morgan fingerprint density at radius 2 is 1.97 bits per heavy atom. The third-order valence-corrected chi connectivity index (χ3v) is 8.25. The van der Waals surface area contributed by atoms with Crippen molar-refractivity contribution >= 4 is 22.9 Å². The van der Waals surface area contributed by atoms with Crippen LogP contribution >= 0.6 is 0 Å². The summed E-state index contributed by atoms with van der Waals surface area (Å²) in [6, 6.07) is 14.1. The maximum atomic E-state index is 13.9. The minimum Gasteiger partial charge on any atom is -0.463 e. The Hall–Kier alpha value is -3.02. The molecule has 0 unspecified atom stereocenters. The van der Waals surface area contributed by atoms with Crippen molar-refractivity contribution in [1.29, 1.82) is 0 Å². The van der Waals surface area contributed by atoms with Crippen LogP contribution in [0.25, 0.3) is 11.1 Å². The van der Waals surface area contributed by atoms with Crippen LogP contribution in [0.5, 0.6) is 0 Å². The number of nitrogens with one attached hydrogen (secondary N) is 1. The highest BCUT2D eigenvalue weighted by Crippen LogP contribution is 2.35. The third kappa shape index (κ3) is 3.93. The molecule has 0 spiro atoms. The zero-order valence-electron chi connectivity index (χ0n) is 20.4. The number of carbonyl (C=O) groups is 2. The van der Waals surface area contributed by atoms with Crippen molar-refractivity contribution in [3.8, 4) is 0 Å². The molecule has 0 bridgehead atoms. The van der Waals surface area contributed by atoms with Crippen LogP contribution in [0.4, 0.5) is 0 Å². The van der Waals surface area contributed by atoms with Gasteiger partial charge >= 0.3 is 0 Å². The van der Waals surface area contributed by atoms with Crippen LogP contribution < -0.4 is 5.32 Å². The zero-order chi connectivity index (χ0) is 23.9. The van der Waals surface area contributed by atoms with Crippen LogP contribution in [0.15, 0.2) is 53.1 Å². The Bertz CT molecular complexity index is 1180. The van der Waals surface area contributed by atoms with Gasteiger partial charge in [-0.15, -0.1) is 0 Å². The fourth-order valence-corrected chi connectivity index (χ4v) is 5.82. The molecule has 34 heavy (non-hydrogen) atoms. The van der Waals surface area contributed by atoms with Crippen LogP contribution in [-0.2, 0) is 17.8 Å². The molecule has 1 aliphatic carbocycles. The summed E-state index contributed by atoms with van der Waals surface area (Å²) in [7, 11) is 0. The second kappa shape index (κ2) is 8.97. The maximum Gasteiger partial charge on any atom is 0.271 e. The average molecular weight is 462 g/mol. The molecule has 5 rings (SSSR count). The fourth-order valence-electron chi connectivity index (χ4n) is 5.82. The molecule has 0 saturated heterocycles. The van der Waals surface area contributed by atoms with E-state index in [1.54, 1.807) is 11.2 Å². The number of aryl methyl sites for hydroxylation is 1. The van der Waals surface area contributed by atoms with E-state index in [0.29, 0.717) is 36.2 Å². The summed E-state index contributed by atoms with van der Waals surface area (Å²) in [5.74, 6) is 0.856. The summed E-state index contributed by atoms with van der Waals surface area (Å²) in [6.45, 7) is 7.38. The lowest BCUT2D eigenvalue weighted by Crippen LogP contribution is -2.65. The smallest absolute Gasteiger partial charge is 0.271 e. The summed E-state index contributed by atoms with van der Waals surface area (Å²) < 4.78 is 7.54. The molecule has 180 valence electrons. The second-order valence-corrected chi connectivity index (χ2v) is 10.5. The lowest BCUT2D eigenvalue weighted by molar-refractivity contribution is -0.134. The molecule has 2 aromatic heterocycles. The first-order chi connectivity index (χ1) is 16.4. The van der Waals surface area contributed by atoms with E-state index in [0.717, 1.165) is 31.2 Å². The molecule has 1 N–H and O–H groups in total. The Morgan fingerprint density at radius 3 is 2.76 bits per heavy atom. The topological polar surface area (TPSA) is 67.5 Å². The normalized spacial score (nSPS) is 27.1. The largest absolute Gasteiger partial charge is 0.463 e. The lowest BCUT2D eigenvalue weighted by Gasteiger charge is -2.45. The zero-order valence-corrected chi connectivity index (χ0v) is 20.4. The van der Waals surface area contributed by atoms with Crippen molar-refractivity contribution in [2.75, 3.05) is 6.54 Å². The molecular formula is C28H35N3O3.